The minimum atomic E-state index is -4.43. The summed E-state index contributed by atoms with van der Waals surface area (Å²) in [5.41, 5.74) is 1.09. The minimum absolute atomic E-state index is 0.314. The fraction of sp³-hybridized carbons (Fsp3) is 0.321. The lowest BCUT2D eigenvalue weighted by Gasteiger charge is -2.35. The average molecular weight is 499 g/mol. The van der Waals surface area contributed by atoms with Gasteiger partial charge in [0.1, 0.15) is 6.10 Å². The van der Waals surface area contributed by atoms with Gasteiger partial charge in [-0.3, -0.25) is 9.69 Å². The number of aliphatic hydroxyl groups is 1. The van der Waals surface area contributed by atoms with Crippen molar-refractivity contribution in [2.75, 3.05) is 39.3 Å². The molecule has 3 aromatic carbocycles. The van der Waals surface area contributed by atoms with Crippen molar-refractivity contribution in [2.45, 2.75) is 18.4 Å². The third kappa shape index (κ3) is 6.51. The molecule has 4 rings (SSSR count). The maximum absolute atomic E-state index is 13.3. The van der Waals surface area contributed by atoms with Crippen molar-refractivity contribution >= 4 is 5.91 Å². The molecule has 1 amide bonds. The number of halogens is 3. The van der Waals surface area contributed by atoms with Crippen LogP contribution >= 0.6 is 0 Å². The van der Waals surface area contributed by atoms with E-state index in [1.54, 1.807) is 35.2 Å². The molecule has 8 heteroatoms. The number of hydrogen-bond donors (Lipinski definition) is 1. The lowest BCUT2D eigenvalue weighted by atomic mass is 9.99. The summed E-state index contributed by atoms with van der Waals surface area (Å²) in [7, 11) is 0. The summed E-state index contributed by atoms with van der Waals surface area (Å²) in [6.45, 7) is 3.10. The van der Waals surface area contributed by atoms with Crippen LogP contribution in [0.1, 0.15) is 34.5 Å². The summed E-state index contributed by atoms with van der Waals surface area (Å²) in [6.07, 6.45) is -6.24. The normalized spacial score (nSPS) is 16.5. The van der Waals surface area contributed by atoms with Gasteiger partial charge in [0.05, 0.1) is 12.2 Å². The van der Waals surface area contributed by atoms with Crippen LogP contribution in [0.4, 0.5) is 13.2 Å². The molecular weight excluding hydrogens is 469 g/mol. The van der Waals surface area contributed by atoms with E-state index >= 15 is 0 Å². The number of carbonyl (C=O) groups is 1. The highest BCUT2D eigenvalue weighted by Crippen LogP contribution is 2.33. The van der Waals surface area contributed by atoms with E-state index in [0.29, 0.717) is 50.5 Å². The highest BCUT2D eigenvalue weighted by Gasteiger charge is 2.31. The number of rotatable bonds is 8. The molecule has 1 N–H and O–H groups in total. The van der Waals surface area contributed by atoms with E-state index in [1.165, 1.54) is 6.07 Å². The van der Waals surface area contributed by atoms with Crippen LogP contribution in [0.15, 0.2) is 84.9 Å². The molecule has 36 heavy (non-hydrogen) atoms. The third-order valence-electron chi connectivity index (χ3n) is 6.34. The molecule has 0 saturated carbocycles. The molecule has 1 fully saturated rings. The number of amides is 1. The van der Waals surface area contributed by atoms with Gasteiger partial charge in [-0.15, -0.1) is 0 Å². The van der Waals surface area contributed by atoms with Gasteiger partial charge >= 0.3 is 6.18 Å². The predicted octanol–water partition coefficient (Wildman–Crippen LogP) is 4.69. The van der Waals surface area contributed by atoms with Crippen molar-refractivity contribution in [1.29, 1.82) is 0 Å². The molecule has 190 valence electrons. The standard InChI is InChI=1S/C28H29F3N2O3/c29-28(30,31)24-13-7-12-23(20-24)26(22-10-5-2-6-11-22)36-19-18-32-14-16-33(17-15-32)27(35)25(34)21-8-3-1-4-9-21/h1-13,20,25-26,34H,14-19H2. The number of hydrogen-bond acceptors (Lipinski definition) is 4. The molecule has 0 aliphatic carbocycles. The third-order valence-corrected chi connectivity index (χ3v) is 6.34. The molecule has 2 unspecified atom stereocenters. The van der Waals surface area contributed by atoms with Crippen LogP contribution in [0.25, 0.3) is 0 Å². The van der Waals surface area contributed by atoms with E-state index in [-0.39, 0.29) is 5.91 Å². The molecular formula is C28H29F3N2O3. The van der Waals surface area contributed by atoms with Crippen LogP contribution in [-0.4, -0.2) is 60.1 Å². The first-order valence-corrected chi connectivity index (χ1v) is 11.9. The van der Waals surface area contributed by atoms with Crippen LogP contribution in [-0.2, 0) is 15.7 Å². The molecule has 5 nitrogen and oxygen atoms in total. The van der Waals surface area contributed by atoms with Crippen LogP contribution in [0.5, 0.6) is 0 Å². The van der Waals surface area contributed by atoms with Crippen LogP contribution < -0.4 is 0 Å². The highest BCUT2D eigenvalue weighted by molar-refractivity contribution is 5.82. The Balaban J connectivity index is 1.33. The number of nitrogens with zero attached hydrogens (tertiary/aromatic N) is 2. The Kier molecular flexibility index (Phi) is 8.40. The molecule has 1 saturated heterocycles. The average Bonchev–Trinajstić information content (AvgIpc) is 2.91. The monoisotopic (exact) mass is 498 g/mol. The summed E-state index contributed by atoms with van der Waals surface area (Å²) in [6, 6.07) is 23.3. The zero-order chi connectivity index (χ0) is 25.5. The number of aliphatic hydroxyl groups excluding tert-OH is 1. The molecule has 1 heterocycles. The van der Waals surface area contributed by atoms with Crippen molar-refractivity contribution < 1.29 is 27.8 Å². The van der Waals surface area contributed by atoms with E-state index in [2.05, 4.69) is 4.90 Å². The Morgan fingerprint density at radius 1 is 0.833 bits per heavy atom. The molecule has 1 aliphatic rings. The lowest BCUT2D eigenvalue weighted by Crippen LogP contribution is -2.50. The molecule has 3 aromatic rings. The SMILES string of the molecule is O=C(C(O)c1ccccc1)N1CCN(CCOC(c2ccccc2)c2cccc(C(F)(F)F)c2)CC1. The van der Waals surface area contributed by atoms with Crippen molar-refractivity contribution in [3.05, 3.63) is 107 Å². The van der Waals surface area contributed by atoms with Gasteiger partial charge in [-0.1, -0.05) is 72.8 Å². The van der Waals surface area contributed by atoms with E-state index in [1.807, 2.05) is 36.4 Å². The summed E-state index contributed by atoms with van der Waals surface area (Å²) >= 11 is 0. The predicted molar refractivity (Wildman–Crippen MR) is 130 cm³/mol. The molecule has 0 spiro atoms. The van der Waals surface area contributed by atoms with E-state index in [4.69, 9.17) is 4.74 Å². The summed E-state index contributed by atoms with van der Waals surface area (Å²) < 4.78 is 45.9. The number of carbonyl (C=O) groups excluding carboxylic acids is 1. The Morgan fingerprint density at radius 3 is 2.03 bits per heavy atom. The number of ether oxygens (including phenoxy) is 1. The van der Waals surface area contributed by atoms with Crippen LogP contribution in [0.3, 0.4) is 0 Å². The van der Waals surface area contributed by atoms with Gasteiger partial charge in [0, 0.05) is 32.7 Å². The molecule has 1 aliphatic heterocycles. The Morgan fingerprint density at radius 2 is 1.42 bits per heavy atom. The van der Waals surface area contributed by atoms with Gasteiger partial charge in [0.15, 0.2) is 6.10 Å². The zero-order valence-corrected chi connectivity index (χ0v) is 19.8. The van der Waals surface area contributed by atoms with Gasteiger partial charge in [-0.05, 0) is 28.8 Å². The fourth-order valence-corrected chi connectivity index (χ4v) is 4.33. The molecule has 0 radical (unpaired) electrons. The van der Waals surface area contributed by atoms with Crippen LogP contribution in [0.2, 0.25) is 0 Å². The van der Waals surface area contributed by atoms with Gasteiger partial charge in [0.25, 0.3) is 5.91 Å². The second-order valence-corrected chi connectivity index (χ2v) is 8.76. The van der Waals surface area contributed by atoms with Gasteiger partial charge in [-0.25, -0.2) is 0 Å². The largest absolute Gasteiger partial charge is 0.416 e. The molecule has 2 atom stereocenters. The smallest absolute Gasteiger partial charge is 0.378 e. The highest BCUT2D eigenvalue weighted by atomic mass is 19.4. The van der Waals surface area contributed by atoms with Gasteiger partial charge in [-0.2, -0.15) is 13.2 Å². The second kappa shape index (κ2) is 11.7. The van der Waals surface area contributed by atoms with Crippen LogP contribution in [0, 0.1) is 0 Å². The van der Waals surface area contributed by atoms with Crippen molar-refractivity contribution in [3.8, 4) is 0 Å². The lowest BCUT2D eigenvalue weighted by molar-refractivity contribution is -0.142. The number of piperazine rings is 1. The quantitative estimate of drug-likeness (QED) is 0.490. The summed E-state index contributed by atoms with van der Waals surface area (Å²) in [4.78, 5) is 16.5. The molecule has 0 aromatic heterocycles. The minimum Gasteiger partial charge on any atom is -0.378 e. The van der Waals surface area contributed by atoms with Crippen molar-refractivity contribution in [1.82, 2.24) is 9.80 Å². The summed E-state index contributed by atoms with van der Waals surface area (Å²) in [5, 5.41) is 10.4. The van der Waals surface area contributed by atoms with Gasteiger partial charge in [0.2, 0.25) is 0 Å². The first kappa shape index (κ1) is 25.9. The Hall–Kier alpha value is -3.20. The maximum atomic E-state index is 13.3. The fourth-order valence-electron chi connectivity index (χ4n) is 4.33. The van der Waals surface area contributed by atoms with Gasteiger partial charge < -0.3 is 14.7 Å². The first-order valence-electron chi connectivity index (χ1n) is 11.9. The number of benzene rings is 3. The first-order chi connectivity index (χ1) is 17.3. The topological polar surface area (TPSA) is 53.0 Å². The maximum Gasteiger partial charge on any atom is 0.416 e. The summed E-state index contributed by atoms with van der Waals surface area (Å²) in [5.74, 6) is -0.314. The van der Waals surface area contributed by atoms with E-state index < -0.39 is 23.9 Å². The van der Waals surface area contributed by atoms with E-state index in [9.17, 15) is 23.1 Å². The van der Waals surface area contributed by atoms with E-state index in [0.717, 1.165) is 17.7 Å². The Bertz CT molecular complexity index is 1120. The Labute approximate surface area is 208 Å². The second-order valence-electron chi connectivity index (χ2n) is 8.76. The zero-order valence-electron chi connectivity index (χ0n) is 19.8. The number of alkyl halides is 3. The van der Waals surface area contributed by atoms with Crippen molar-refractivity contribution in [2.24, 2.45) is 0 Å². The van der Waals surface area contributed by atoms with Crippen molar-refractivity contribution in [3.63, 3.8) is 0 Å². The molecule has 0 bridgehead atoms.